The molecule has 0 radical (unpaired) electrons. The number of carbonyl (C=O) groups excluding carboxylic acids is 2. The Balaban J connectivity index is 1.67. The third-order valence-corrected chi connectivity index (χ3v) is 3.72. The van der Waals surface area contributed by atoms with Crippen molar-refractivity contribution in [1.82, 2.24) is 5.32 Å². The number of esters is 1. The van der Waals surface area contributed by atoms with Crippen molar-refractivity contribution >= 4 is 11.9 Å². The van der Waals surface area contributed by atoms with Gasteiger partial charge in [0.05, 0.1) is 6.61 Å². The van der Waals surface area contributed by atoms with Crippen LogP contribution in [0.25, 0.3) is 0 Å². The second-order valence-corrected chi connectivity index (χ2v) is 5.85. The molecule has 27 heavy (non-hydrogen) atoms. The molecule has 1 atom stereocenters. The lowest BCUT2D eigenvalue weighted by Gasteiger charge is -2.14. The molecule has 6 heteroatoms. The van der Waals surface area contributed by atoms with Crippen LogP contribution in [0, 0.1) is 0 Å². The molecule has 2 aromatic rings. The molecule has 144 valence electrons. The van der Waals surface area contributed by atoms with Crippen LogP contribution in [0.4, 0.5) is 0 Å². The van der Waals surface area contributed by atoms with Crippen LogP contribution in [0.1, 0.15) is 19.4 Å². The zero-order valence-electron chi connectivity index (χ0n) is 15.6. The van der Waals surface area contributed by atoms with Crippen LogP contribution in [-0.4, -0.2) is 37.7 Å². The smallest absolute Gasteiger partial charge is 0.344 e. The maximum atomic E-state index is 12.0. The highest BCUT2D eigenvalue weighted by Crippen LogP contribution is 2.17. The first-order chi connectivity index (χ1) is 13.1. The van der Waals surface area contributed by atoms with Crippen LogP contribution >= 0.6 is 0 Å². The molecule has 2 rings (SSSR count). The normalized spacial score (nSPS) is 11.3. The molecule has 0 bridgehead atoms. The maximum Gasteiger partial charge on any atom is 0.344 e. The van der Waals surface area contributed by atoms with Crippen LogP contribution < -0.4 is 14.8 Å². The van der Waals surface area contributed by atoms with E-state index in [1.54, 1.807) is 24.3 Å². The van der Waals surface area contributed by atoms with E-state index in [1.807, 2.05) is 37.3 Å². The van der Waals surface area contributed by atoms with E-state index in [-0.39, 0.29) is 12.5 Å². The Labute approximate surface area is 159 Å². The zero-order chi connectivity index (χ0) is 19.5. The summed E-state index contributed by atoms with van der Waals surface area (Å²) in [4.78, 5) is 23.8. The van der Waals surface area contributed by atoms with Gasteiger partial charge in [-0.2, -0.15) is 0 Å². The van der Waals surface area contributed by atoms with Crippen molar-refractivity contribution in [3.63, 3.8) is 0 Å². The Bertz CT molecular complexity index is 715. The minimum atomic E-state index is -0.878. The fourth-order valence-electron chi connectivity index (χ4n) is 2.34. The van der Waals surface area contributed by atoms with E-state index in [1.165, 1.54) is 6.92 Å². The summed E-state index contributed by atoms with van der Waals surface area (Å²) in [5.41, 5.74) is 1.13. The summed E-state index contributed by atoms with van der Waals surface area (Å²) < 4.78 is 15.8. The van der Waals surface area contributed by atoms with E-state index in [4.69, 9.17) is 14.2 Å². The van der Waals surface area contributed by atoms with Crippen LogP contribution in [0.2, 0.25) is 0 Å². The van der Waals surface area contributed by atoms with Gasteiger partial charge in [-0.3, -0.25) is 4.79 Å². The van der Waals surface area contributed by atoms with Gasteiger partial charge in [0, 0.05) is 6.54 Å². The minimum absolute atomic E-state index is 0.268. The summed E-state index contributed by atoms with van der Waals surface area (Å²) in [7, 11) is 0. The molecular weight excluding hydrogens is 346 g/mol. The fourth-order valence-corrected chi connectivity index (χ4v) is 2.34. The van der Waals surface area contributed by atoms with Crippen molar-refractivity contribution in [2.45, 2.75) is 26.4 Å². The van der Waals surface area contributed by atoms with Crippen LogP contribution in [0.3, 0.4) is 0 Å². The lowest BCUT2D eigenvalue weighted by atomic mass is 10.1. The van der Waals surface area contributed by atoms with Crippen LogP contribution in [-0.2, 0) is 20.7 Å². The predicted octanol–water partition coefficient (Wildman–Crippen LogP) is 2.75. The molecule has 1 N–H and O–H groups in total. The fraction of sp³-hybridized carbons (Fsp3) is 0.333. The SMILES string of the molecule is CCOc1ccc(OCC(=O)O[C@H](C)C(=O)NCCc2ccccc2)cc1. The second kappa shape index (κ2) is 10.9. The first-order valence-corrected chi connectivity index (χ1v) is 8.95. The average molecular weight is 371 g/mol. The topological polar surface area (TPSA) is 73.9 Å². The molecule has 0 spiro atoms. The summed E-state index contributed by atoms with van der Waals surface area (Å²) in [5, 5.41) is 2.76. The molecule has 0 unspecified atom stereocenters. The Morgan fingerprint density at radius 2 is 1.59 bits per heavy atom. The van der Waals surface area contributed by atoms with E-state index in [0.717, 1.165) is 11.3 Å². The first kappa shape index (κ1) is 20.3. The van der Waals surface area contributed by atoms with Gasteiger partial charge < -0.3 is 19.5 Å². The van der Waals surface area contributed by atoms with Gasteiger partial charge in [0.25, 0.3) is 5.91 Å². The van der Waals surface area contributed by atoms with Gasteiger partial charge in [0.1, 0.15) is 11.5 Å². The van der Waals surface area contributed by atoms with Gasteiger partial charge in [0.2, 0.25) is 0 Å². The molecule has 6 nitrogen and oxygen atoms in total. The molecular formula is C21H25NO5. The highest BCUT2D eigenvalue weighted by Gasteiger charge is 2.17. The van der Waals surface area contributed by atoms with Gasteiger partial charge in [-0.1, -0.05) is 30.3 Å². The summed E-state index contributed by atoms with van der Waals surface area (Å²) in [6.45, 7) is 4.23. The third kappa shape index (κ3) is 7.40. The predicted molar refractivity (Wildman–Crippen MR) is 102 cm³/mol. The number of carbonyl (C=O) groups is 2. The molecule has 0 saturated heterocycles. The van der Waals surface area contributed by atoms with Gasteiger partial charge in [-0.05, 0) is 50.1 Å². The Morgan fingerprint density at radius 3 is 2.22 bits per heavy atom. The minimum Gasteiger partial charge on any atom is -0.494 e. The quantitative estimate of drug-likeness (QED) is 0.650. The summed E-state index contributed by atoms with van der Waals surface area (Å²) in [6, 6.07) is 16.8. The highest BCUT2D eigenvalue weighted by molar-refractivity contribution is 5.83. The Hall–Kier alpha value is -3.02. The second-order valence-electron chi connectivity index (χ2n) is 5.85. The van der Waals surface area contributed by atoms with Crippen LogP contribution in [0.15, 0.2) is 54.6 Å². The summed E-state index contributed by atoms with van der Waals surface area (Å²) in [5.74, 6) is 0.318. The first-order valence-electron chi connectivity index (χ1n) is 8.95. The molecule has 2 aromatic carbocycles. The lowest BCUT2D eigenvalue weighted by Crippen LogP contribution is -2.37. The van der Waals surface area contributed by atoms with Crippen molar-refractivity contribution in [3.05, 3.63) is 60.2 Å². The van der Waals surface area contributed by atoms with Crippen molar-refractivity contribution in [1.29, 1.82) is 0 Å². The molecule has 0 fully saturated rings. The summed E-state index contributed by atoms with van der Waals surface area (Å²) in [6.07, 6.45) is -0.161. The molecule has 0 aliphatic rings. The standard InChI is InChI=1S/C21H25NO5/c1-3-25-18-9-11-19(12-10-18)26-15-20(23)27-16(2)21(24)22-14-13-17-7-5-4-6-8-17/h4-12,16H,3,13-15H2,1-2H3,(H,22,24)/t16-/m1/s1. The van der Waals surface area contributed by atoms with Crippen molar-refractivity contribution < 1.29 is 23.8 Å². The number of hydrogen-bond donors (Lipinski definition) is 1. The molecule has 0 saturated carbocycles. The molecule has 0 aliphatic carbocycles. The number of rotatable bonds is 10. The van der Waals surface area contributed by atoms with E-state index >= 15 is 0 Å². The molecule has 0 heterocycles. The van der Waals surface area contributed by atoms with Crippen molar-refractivity contribution in [2.75, 3.05) is 19.8 Å². The van der Waals surface area contributed by atoms with Crippen molar-refractivity contribution in [3.8, 4) is 11.5 Å². The Morgan fingerprint density at radius 1 is 0.963 bits per heavy atom. The van der Waals surface area contributed by atoms with Gasteiger partial charge in [-0.15, -0.1) is 0 Å². The van der Waals surface area contributed by atoms with E-state index < -0.39 is 12.1 Å². The lowest BCUT2D eigenvalue weighted by molar-refractivity contribution is -0.156. The Kier molecular flexibility index (Phi) is 8.16. The van der Waals surface area contributed by atoms with E-state index in [2.05, 4.69) is 5.32 Å². The number of ether oxygens (including phenoxy) is 3. The zero-order valence-corrected chi connectivity index (χ0v) is 15.6. The summed E-state index contributed by atoms with van der Waals surface area (Å²) >= 11 is 0. The molecule has 1 amide bonds. The number of benzene rings is 2. The van der Waals surface area contributed by atoms with Crippen LogP contribution in [0.5, 0.6) is 11.5 Å². The van der Waals surface area contributed by atoms with E-state index in [0.29, 0.717) is 25.3 Å². The highest BCUT2D eigenvalue weighted by atomic mass is 16.6. The van der Waals surface area contributed by atoms with Gasteiger partial charge in [-0.25, -0.2) is 4.79 Å². The number of hydrogen-bond acceptors (Lipinski definition) is 5. The number of nitrogens with one attached hydrogen (secondary N) is 1. The number of amides is 1. The monoisotopic (exact) mass is 371 g/mol. The average Bonchev–Trinajstić information content (AvgIpc) is 2.68. The maximum absolute atomic E-state index is 12.0. The van der Waals surface area contributed by atoms with Crippen molar-refractivity contribution in [2.24, 2.45) is 0 Å². The van der Waals surface area contributed by atoms with E-state index in [9.17, 15) is 9.59 Å². The third-order valence-electron chi connectivity index (χ3n) is 3.72. The largest absolute Gasteiger partial charge is 0.494 e. The van der Waals surface area contributed by atoms with Gasteiger partial charge >= 0.3 is 5.97 Å². The molecule has 0 aromatic heterocycles. The van der Waals surface area contributed by atoms with Gasteiger partial charge in [0.15, 0.2) is 12.7 Å². The molecule has 0 aliphatic heterocycles.